The molecule has 0 radical (unpaired) electrons. The van der Waals surface area contributed by atoms with Crippen LogP contribution in [-0.2, 0) is 12.8 Å². The second-order valence-electron chi connectivity index (χ2n) is 3.86. The summed E-state index contributed by atoms with van der Waals surface area (Å²) in [5.41, 5.74) is 6.66. The molecule has 4 nitrogen and oxygen atoms in total. The molecule has 0 saturated carbocycles. The highest BCUT2D eigenvalue weighted by molar-refractivity contribution is 9.10. The number of rotatable bonds is 5. The Labute approximate surface area is 109 Å². The lowest BCUT2D eigenvalue weighted by Crippen LogP contribution is -2.01. The van der Waals surface area contributed by atoms with Gasteiger partial charge in [-0.1, -0.05) is 34.1 Å². The van der Waals surface area contributed by atoms with E-state index in [4.69, 9.17) is 5.73 Å². The highest BCUT2D eigenvalue weighted by Gasteiger charge is 2.05. The Balaban J connectivity index is 2.04. The van der Waals surface area contributed by atoms with E-state index in [2.05, 4.69) is 37.2 Å². The first-order chi connectivity index (χ1) is 8.29. The SMILES string of the molecule is NCCCc1n[nH]c(Cc2ccccc2Br)n1. The Morgan fingerprint density at radius 1 is 1.29 bits per heavy atom. The summed E-state index contributed by atoms with van der Waals surface area (Å²) in [7, 11) is 0. The summed E-state index contributed by atoms with van der Waals surface area (Å²) < 4.78 is 1.10. The van der Waals surface area contributed by atoms with Crippen molar-refractivity contribution in [1.82, 2.24) is 15.2 Å². The molecule has 2 aromatic rings. The van der Waals surface area contributed by atoms with Crippen molar-refractivity contribution in [3.63, 3.8) is 0 Å². The lowest BCUT2D eigenvalue weighted by molar-refractivity contribution is 0.785. The summed E-state index contributed by atoms with van der Waals surface area (Å²) in [6.45, 7) is 0.675. The molecule has 0 aliphatic rings. The quantitative estimate of drug-likeness (QED) is 0.887. The van der Waals surface area contributed by atoms with Gasteiger partial charge in [-0.2, -0.15) is 5.10 Å². The van der Waals surface area contributed by atoms with Crippen molar-refractivity contribution in [3.05, 3.63) is 46.0 Å². The standard InChI is InChI=1S/C12H15BrN4/c13-10-5-2-1-4-9(10)8-12-15-11(16-17-12)6-3-7-14/h1-2,4-5H,3,6-8,14H2,(H,15,16,17). The summed E-state index contributed by atoms with van der Waals surface area (Å²) in [5, 5.41) is 7.14. The van der Waals surface area contributed by atoms with E-state index in [9.17, 15) is 0 Å². The largest absolute Gasteiger partial charge is 0.330 e. The van der Waals surface area contributed by atoms with Crippen LogP contribution in [0.1, 0.15) is 23.6 Å². The molecular weight excluding hydrogens is 280 g/mol. The van der Waals surface area contributed by atoms with Gasteiger partial charge in [0.2, 0.25) is 0 Å². The van der Waals surface area contributed by atoms with Crippen LogP contribution in [0.25, 0.3) is 0 Å². The highest BCUT2D eigenvalue weighted by Crippen LogP contribution is 2.18. The lowest BCUT2D eigenvalue weighted by Gasteiger charge is -2.00. The second-order valence-corrected chi connectivity index (χ2v) is 4.71. The number of benzene rings is 1. The maximum atomic E-state index is 5.45. The van der Waals surface area contributed by atoms with Gasteiger partial charge in [0.15, 0.2) is 5.82 Å². The number of H-pyrrole nitrogens is 1. The molecule has 1 aromatic heterocycles. The third-order valence-electron chi connectivity index (χ3n) is 2.50. The Morgan fingerprint density at radius 3 is 2.88 bits per heavy atom. The fourth-order valence-electron chi connectivity index (χ4n) is 1.61. The second kappa shape index (κ2) is 5.93. The predicted octanol–water partition coefficient (Wildman–Crippen LogP) is 2.05. The topological polar surface area (TPSA) is 67.6 Å². The molecule has 0 spiro atoms. The van der Waals surface area contributed by atoms with Crippen molar-refractivity contribution in [2.75, 3.05) is 6.54 Å². The Hall–Kier alpha value is -1.20. The van der Waals surface area contributed by atoms with Gasteiger partial charge in [-0.15, -0.1) is 0 Å². The van der Waals surface area contributed by atoms with Crippen LogP contribution in [-0.4, -0.2) is 21.7 Å². The first kappa shape index (κ1) is 12.3. The number of nitrogens with two attached hydrogens (primary N) is 1. The zero-order valence-electron chi connectivity index (χ0n) is 9.49. The number of aryl methyl sites for hydroxylation is 1. The average Bonchev–Trinajstić information content (AvgIpc) is 2.77. The van der Waals surface area contributed by atoms with Crippen LogP contribution >= 0.6 is 15.9 Å². The van der Waals surface area contributed by atoms with Crippen molar-refractivity contribution >= 4 is 15.9 Å². The van der Waals surface area contributed by atoms with Gasteiger partial charge in [0.25, 0.3) is 0 Å². The summed E-state index contributed by atoms with van der Waals surface area (Å²) in [6, 6.07) is 8.12. The van der Waals surface area contributed by atoms with Gasteiger partial charge in [-0.05, 0) is 24.6 Å². The van der Waals surface area contributed by atoms with Crippen molar-refractivity contribution in [2.24, 2.45) is 5.73 Å². The molecule has 3 N–H and O–H groups in total. The van der Waals surface area contributed by atoms with Crippen LogP contribution in [0.3, 0.4) is 0 Å². The van der Waals surface area contributed by atoms with Gasteiger partial charge in [0, 0.05) is 17.3 Å². The smallest absolute Gasteiger partial charge is 0.150 e. The number of hydrogen-bond donors (Lipinski definition) is 2. The van der Waals surface area contributed by atoms with Crippen molar-refractivity contribution in [1.29, 1.82) is 0 Å². The zero-order valence-corrected chi connectivity index (χ0v) is 11.1. The van der Waals surface area contributed by atoms with E-state index in [1.165, 1.54) is 5.56 Å². The summed E-state index contributed by atoms with van der Waals surface area (Å²) in [4.78, 5) is 4.44. The fraction of sp³-hybridized carbons (Fsp3) is 0.333. The van der Waals surface area contributed by atoms with Crippen LogP contribution in [0.2, 0.25) is 0 Å². The molecule has 0 aliphatic carbocycles. The summed E-state index contributed by atoms with van der Waals surface area (Å²) in [6.07, 6.45) is 2.52. The summed E-state index contributed by atoms with van der Waals surface area (Å²) >= 11 is 3.52. The molecular formula is C12H15BrN4. The molecule has 0 saturated heterocycles. The van der Waals surface area contributed by atoms with Gasteiger partial charge in [0.05, 0.1) is 0 Å². The van der Waals surface area contributed by atoms with Gasteiger partial charge in [-0.3, -0.25) is 5.10 Å². The van der Waals surface area contributed by atoms with Gasteiger partial charge < -0.3 is 5.73 Å². The Morgan fingerprint density at radius 2 is 2.12 bits per heavy atom. The fourth-order valence-corrected chi connectivity index (χ4v) is 2.03. The molecule has 1 heterocycles. The van der Waals surface area contributed by atoms with Gasteiger partial charge >= 0.3 is 0 Å². The van der Waals surface area contributed by atoms with Gasteiger partial charge in [0.1, 0.15) is 5.82 Å². The molecule has 0 bridgehead atoms. The number of aromatic amines is 1. The van der Waals surface area contributed by atoms with E-state index in [0.717, 1.165) is 35.4 Å². The molecule has 0 atom stereocenters. The number of halogens is 1. The van der Waals surface area contributed by atoms with E-state index in [-0.39, 0.29) is 0 Å². The van der Waals surface area contributed by atoms with E-state index >= 15 is 0 Å². The summed E-state index contributed by atoms with van der Waals surface area (Å²) in [5.74, 6) is 1.74. The highest BCUT2D eigenvalue weighted by atomic mass is 79.9. The molecule has 2 rings (SSSR count). The van der Waals surface area contributed by atoms with Crippen LogP contribution in [0.4, 0.5) is 0 Å². The van der Waals surface area contributed by atoms with E-state index in [1.807, 2.05) is 18.2 Å². The molecule has 0 unspecified atom stereocenters. The van der Waals surface area contributed by atoms with Crippen LogP contribution in [0, 0.1) is 0 Å². The Kier molecular flexibility index (Phi) is 4.28. The lowest BCUT2D eigenvalue weighted by atomic mass is 10.1. The molecule has 5 heteroatoms. The minimum atomic E-state index is 0.675. The van der Waals surface area contributed by atoms with Crippen molar-refractivity contribution < 1.29 is 0 Å². The molecule has 17 heavy (non-hydrogen) atoms. The predicted molar refractivity (Wildman–Crippen MR) is 70.7 cm³/mol. The normalized spacial score (nSPS) is 10.7. The maximum absolute atomic E-state index is 5.45. The van der Waals surface area contributed by atoms with E-state index in [1.54, 1.807) is 0 Å². The number of aromatic nitrogens is 3. The number of hydrogen-bond acceptors (Lipinski definition) is 3. The van der Waals surface area contributed by atoms with Gasteiger partial charge in [-0.25, -0.2) is 4.98 Å². The number of nitrogens with zero attached hydrogens (tertiary/aromatic N) is 2. The van der Waals surface area contributed by atoms with Crippen LogP contribution < -0.4 is 5.73 Å². The molecule has 0 amide bonds. The third kappa shape index (κ3) is 3.38. The average molecular weight is 295 g/mol. The molecule has 0 fully saturated rings. The molecule has 1 aromatic carbocycles. The monoisotopic (exact) mass is 294 g/mol. The van der Waals surface area contributed by atoms with E-state index < -0.39 is 0 Å². The molecule has 0 aliphatic heterocycles. The Bertz CT molecular complexity index is 481. The van der Waals surface area contributed by atoms with Crippen molar-refractivity contribution in [2.45, 2.75) is 19.3 Å². The maximum Gasteiger partial charge on any atom is 0.150 e. The minimum Gasteiger partial charge on any atom is -0.330 e. The third-order valence-corrected chi connectivity index (χ3v) is 3.27. The number of nitrogens with one attached hydrogen (secondary N) is 1. The van der Waals surface area contributed by atoms with Crippen molar-refractivity contribution in [3.8, 4) is 0 Å². The van der Waals surface area contributed by atoms with Crippen LogP contribution in [0.5, 0.6) is 0 Å². The van der Waals surface area contributed by atoms with E-state index in [0.29, 0.717) is 6.54 Å². The first-order valence-corrected chi connectivity index (χ1v) is 6.42. The molecule has 90 valence electrons. The zero-order chi connectivity index (χ0) is 12.1. The van der Waals surface area contributed by atoms with Crippen LogP contribution in [0.15, 0.2) is 28.7 Å². The minimum absolute atomic E-state index is 0.675. The first-order valence-electron chi connectivity index (χ1n) is 5.63.